The summed E-state index contributed by atoms with van der Waals surface area (Å²) in [5.41, 5.74) is 0.863. The number of halogens is 1. The van der Waals surface area contributed by atoms with E-state index in [9.17, 15) is 24.6 Å². The highest BCUT2D eigenvalue weighted by atomic mass is 35.5. The molecule has 3 aliphatic heterocycles. The van der Waals surface area contributed by atoms with Crippen molar-refractivity contribution >= 4 is 40.7 Å². The highest BCUT2D eigenvalue weighted by molar-refractivity contribution is 6.31. The van der Waals surface area contributed by atoms with E-state index in [0.29, 0.717) is 35.8 Å². The van der Waals surface area contributed by atoms with Gasteiger partial charge in [0.15, 0.2) is 5.60 Å². The minimum Gasteiger partial charge on any atom is -0.394 e. The molecule has 3 heterocycles. The number of amides is 3. The molecular weight excluding hydrogens is 506 g/mol. The third-order valence-electron chi connectivity index (χ3n) is 7.95. The van der Waals surface area contributed by atoms with E-state index in [1.165, 1.54) is 0 Å². The second kappa shape index (κ2) is 10.5. The number of hydrogen-bond donors (Lipinski definition) is 2. The zero-order chi connectivity index (χ0) is 27.0. The Morgan fingerprint density at radius 2 is 1.95 bits per heavy atom. The van der Waals surface area contributed by atoms with Gasteiger partial charge in [-0.25, -0.2) is 0 Å². The molecular formula is C29H32ClN3O5. The largest absolute Gasteiger partial charge is 0.394 e. The molecule has 2 N–H and O–H groups in total. The van der Waals surface area contributed by atoms with E-state index in [-0.39, 0.29) is 37.4 Å². The number of carbonyl (C=O) groups excluding carboxylic acids is 3. The fourth-order valence-electron chi connectivity index (χ4n) is 5.61. The van der Waals surface area contributed by atoms with Gasteiger partial charge in [0, 0.05) is 48.1 Å². The molecule has 38 heavy (non-hydrogen) atoms. The summed E-state index contributed by atoms with van der Waals surface area (Å²) < 4.78 is 0. The minimum absolute atomic E-state index is 0.0490. The van der Waals surface area contributed by atoms with Crippen LogP contribution in [0.5, 0.6) is 0 Å². The summed E-state index contributed by atoms with van der Waals surface area (Å²) in [5.74, 6) is -1.07. The zero-order valence-electron chi connectivity index (χ0n) is 21.3. The van der Waals surface area contributed by atoms with Gasteiger partial charge >= 0.3 is 0 Å². The number of rotatable bonds is 8. The zero-order valence-corrected chi connectivity index (χ0v) is 22.1. The van der Waals surface area contributed by atoms with E-state index in [1.54, 1.807) is 52.0 Å². The van der Waals surface area contributed by atoms with Gasteiger partial charge in [0.1, 0.15) is 0 Å². The number of benzene rings is 2. The van der Waals surface area contributed by atoms with Crippen molar-refractivity contribution in [3.8, 4) is 0 Å². The SMILES string of the molecule is C[C@H](/C=C/CC(=O)N1CCC[C@H]1CO)[C@@]1(O)C(=O)N(Cc2ccc(N3CCC3=O)cc2)c2ccc(Cl)cc21. The van der Waals surface area contributed by atoms with Crippen LogP contribution < -0.4 is 9.80 Å². The molecule has 0 bridgehead atoms. The molecule has 0 radical (unpaired) electrons. The van der Waals surface area contributed by atoms with Crippen LogP contribution in [-0.4, -0.2) is 58.6 Å². The van der Waals surface area contributed by atoms with Crippen LogP contribution in [0.3, 0.4) is 0 Å². The van der Waals surface area contributed by atoms with Gasteiger partial charge in [-0.05, 0) is 48.7 Å². The Labute approximate surface area is 227 Å². The smallest absolute Gasteiger partial charge is 0.264 e. The Morgan fingerprint density at radius 1 is 1.18 bits per heavy atom. The van der Waals surface area contributed by atoms with Crippen molar-refractivity contribution in [2.75, 3.05) is 29.5 Å². The molecule has 8 nitrogen and oxygen atoms in total. The highest BCUT2D eigenvalue weighted by Crippen LogP contribution is 2.46. The Bertz CT molecular complexity index is 1280. The van der Waals surface area contributed by atoms with Gasteiger partial charge in [-0.2, -0.15) is 0 Å². The summed E-state index contributed by atoms with van der Waals surface area (Å²) in [6, 6.07) is 12.4. The predicted octanol–water partition coefficient (Wildman–Crippen LogP) is 3.38. The highest BCUT2D eigenvalue weighted by Gasteiger charge is 2.52. The van der Waals surface area contributed by atoms with Crippen LogP contribution in [0.25, 0.3) is 0 Å². The second-order valence-corrected chi connectivity index (χ2v) is 10.7. The third kappa shape index (κ3) is 4.61. The normalized spacial score (nSPS) is 23.8. The first-order valence-corrected chi connectivity index (χ1v) is 13.4. The molecule has 2 aromatic carbocycles. The molecule has 0 aromatic heterocycles. The van der Waals surface area contributed by atoms with Crippen LogP contribution in [0.1, 0.15) is 43.7 Å². The summed E-state index contributed by atoms with van der Waals surface area (Å²) in [6.07, 6.45) is 5.74. The Balaban J connectivity index is 1.34. The Kier molecular flexibility index (Phi) is 7.31. The number of aliphatic hydroxyl groups is 2. The third-order valence-corrected chi connectivity index (χ3v) is 8.19. The van der Waals surface area contributed by atoms with Gasteiger partial charge in [-0.15, -0.1) is 0 Å². The number of anilines is 2. The van der Waals surface area contributed by atoms with Gasteiger partial charge in [-0.1, -0.05) is 42.8 Å². The van der Waals surface area contributed by atoms with Crippen molar-refractivity contribution in [2.45, 2.75) is 50.8 Å². The molecule has 0 aliphatic carbocycles. The minimum atomic E-state index is -1.84. The first-order valence-electron chi connectivity index (χ1n) is 13.0. The Morgan fingerprint density at radius 3 is 2.61 bits per heavy atom. The average Bonchev–Trinajstić information content (AvgIpc) is 3.47. The molecule has 2 fully saturated rings. The monoisotopic (exact) mass is 537 g/mol. The van der Waals surface area contributed by atoms with E-state index in [2.05, 4.69) is 0 Å². The quantitative estimate of drug-likeness (QED) is 0.397. The number of carbonyl (C=O) groups is 3. The van der Waals surface area contributed by atoms with E-state index in [0.717, 1.165) is 24.1 Å². The van der Waals surface area contributed by atoms with Crippen molar-refractivity contribution in [3.63, 3.8) is 0 Å². The molecule has 200 valence electrons. The number of nitrogens with zero attached hydrogens (tertiary/aromatic N) is 3. The lowest BCUT2D eigenvalue weighted by molar-refractivity contribution is -0.139. The van der Waals surface area contributed by atoms with Crippen molar-refractivity contribution in [1.82, 2.24) is 4.90 Å². The predicted molar refractivity (Wildman–Crippen MR) is 145 cm³/mol. The Hall–Kier alpha value is -3.20. The molecule has 3 amide bonds. The maximum atomic E-state index is 13.7. The lowest BCUT2D eigenvalue weighted by Crippen LogP contribution is -2.44. The molecule has 3 atom stereocenters. The van der Waals surface area contributed by atoms with Crippen molar-refractivity contribution in [1.29, 1.82) is 0 Å². The molecule has 5 rings (SSSR count). The molecule has 0 unspecified atom stereocenters. The van der Waals surface area contributed by atoms with Gasteiger partial charge in [0.2, 0.25) is 11.8 Å². The fraction of sp³-hybridized carbons (Fsp3) is 0.414. The standard InChI is InChI=1S/C29H32ClN3O5/c1-19(4-2-6-26(35)31-14-3-5-23(31)18-34)29(38)24-16-21(30)9-12-25(24)33(28(29)37)17-20-7-10-22(11-8-20)32-15-13-27(32)36/h2,4,7-12,16,19,23,34,38H,3,5-6,13-15,17-18H2,1H3/b4-2+/t19-,23+,29+/m1/s1. The second-order valence-electron chi connectivity index (χ2n) is 10.3. The maximum absolute atomic E-state index is 13.7. The van der Waals surface area contributed by atoms with Crippen LogP contribution in [-0.2, 0) is 26.5 Å². The number of aliphatic hydroxyl groups excluding tert-OH is 1. The number of β-lactam (4-membered cyclic amide) rings is 1. The summed E-state index contributed by atoms with van der Waals surface area (Å²) in [5, 5.41) is 21.7. The number of likely N-dealkylation sites (tertiary alicyclic amines) is 1. The van der Waals surface area contributed by atoms with Gasteiger partial charge < -0.3 is 24.9 Å². The van der Waals surface area contributed by atoms with Gasteiger partial charge in [0.25, 0.3) is 5.91 Å². The molecule has 2 saturated heterocycles. The van der Waals surface area contributed by atoms with Crippen molar-refractivity contribution < 1.29 is 24.6 Å². The van der Waals surface area contributed by atoms with Crippen molar-refractivity contribution in [3.05, 3.63) is 70.8 Å². The van der Waals surface area contributed by atoms with Gasteiger partial charge in [0.05, 0.1) is 24.9 Å². The van der Waals surface area contributed by atoms with Crippen LogP contribution in [0, 0.1) is 5.92 Å². The van der Waals surface area contributed by atoms with Crippen LogP contribution in [0.15, 0.2) is 54.6 Å². The molecule has 9 heteroatoms. The lowest BCUT2D eigenvalue weighted by Gasteiger charge is -2.31. The fourth-order valence-corrected chi connectivity index (χ4v) is 5.78. The van der Waals surface area contributed by atoms with E-state index in [4.69, 9.17) is 11.6 Å². The summed E-state index contributed by atoms with van der Waals surface area (Å²) in [7, 11) is 0. The van der Waals surface area contributed by atoms with Crippen LogP contribution >= 0.6 is 11.6 Å². The number of fused-ring (bicyclic) bond motifs is 1. The van der Waals surface area contributed by atoms with Gasteiger partial charge in [-0.3, -0.25) is 14.4 Å². The topological polar surface area (TPSA) is 101 Å². The van der Waals surface area contributed by atoms with Crippen LogP contribution in [0.2, 0.25) is 5.02 Å². The van der Waals surface area contributed by atoms with Crippen molar-refractivity contribution in [2.24, 2.45) is 5.92 Å². The summed E-state index contributed by atoms with van der Waals surface area (Å²) in [6.45, 7) is 3.29. The van der Waals surface area contributed by atoms with Crippen LogP contribution in [0.4, 0.5) is 11.4 Å². The maximum Gasteiger partial charge on any atom is 0.264 e. The molecule has 2 aromatic rings. The number of hydrogen-bond acceptors (Lipinski definition) is 5. The van der Waals surface area contributed by atoms with E-state index < -0.39 is 17.4 Å². The van der Waals surface area contributed by atoms with E-state index in [1.807, 2.05) is 24.3 Å². The first-order chi connectivity index (χ1) is 18.2. The van der Waals surface area contributed by atoms with E-state index >= 15 is 0 Å². The average molecular weight is 538 g/mol. The summed E-state index contributed by atoms with van der Waals surface area (Å²) in [4.78, 5) is 43.1. The molecule has 0 spiro atoms. The molecule has 3 aliphatic rings. The first kappa shape index (κ1) is 26.4. The molecule has 0 saturated carbocycles. The summed E-state index contributed by atoms with van der Waals surface area (Å²) >= 11 is 6.27. The lowest BCUT2D eigenvalue weighted by atomic mass is 9.83.